The van der Waals surface area contributed by atoms with Gasteiger partial charge in [0.2, 0.25) is 5.95 Å². The van der Waals surface area contributed by atoms with Crippen LogP contribution in [0, 0.1) is 0 Å². The molecule has 2 heterocycles. The van der Waals surface area contributed by atoms with Gasteiger partial charge >= 0.3 is 6.18 Å². The largest absolute Gasteiger partial charge is 0.412 e. The first-order valence-electron chi connectivity index (χ1n) is 4.85. The summed E-state index contributed by atoms with van der Waals surface area (Å²) >= 11 is 0. The first kappa shape index (κ1) is 10.9. The summed E-state index contributed by atoms with van der Waals surface area (Å²) < 4.78 is 37.1. The van der Waals surface area contributed by atoms with E-state index >= 15 is 0 Å². The van der Waals surface area contributed by atoms with Crippen molar-refractivity contribution in [2.75, 3.05) is 18.0 Å². The van der Waals surface area contributed by atoms with Crippen LogP contribution < -0.4 is 4.90 Å². The highest BCUT2D eigenvalue weighted by molar-refractivity contribution is 5.34. The number of alkyl halides is 3. The molecule has 1 aromatic rings. The van der Waals surface area contributed by atoms with Crippen molar-refractivity contribution in [3.05, 3.63) is 30.1 Å². The molecule has 0 saturated carbocycles. The average molecular weight is 229 g/mol. The van der Waals surface area contributed by atoms with Gasteiger partial charge in [0.05, 0.1) is 0 Å². The third kappa shape index (κ3) is 2.32. The number of aromatic nitrogens is 2. The third-order valence-corrected chi connectivity index (χ3v) is 2.41. The standard InChI is InChI=1S/C10H10F3N3/c11-10(12,13)8-2-6-16(7-3-8)9-14-4-1-5-15-9/h1-2,4-5H,3,6-7H2. The highest BCUT2D eigenvalue weighted by Crippen LogP contribution is 2.30. The minimum atomic E-state index is -4.20. The fraction of sp³-hybridized carbons (Fsp3) is 0.400. The van der Waals surface area contributed by atoms with Crippen LogP contribution in [-0.2, 0) is 0 Å². The maximum absolute atomic E-state index is 12.4. The molecule has 3 nitrogen and oxygen atoms in total. The minimum absolute atomic E-state index is 0.0121. The predicted octanol–water partition coefficient (Wildman–Crippen LogP) is 2.18. The molecule has 2 rings (SSSR count). The fourth-order valence-electron chi connectivity index (χ4n) is 1.56. The molecular weight excluding hydrogens is 219 g/mol. The molecule has 6 heteroatoms. The van der Waals surface area contributed by atoms with Gasteiger partial charge in [-0.05, 0) is 12.5 Å². The van der Waals surface area contributed by atoms with Gasteiger partial charge in [-0.3, -0.25) is 0 Å². The molecule has 0 radical (unpaired) electrons. The van der Waals surface area contributed by atoms with Crippen LogP contribution in [0.1, 0.15) is 6.42 Å². The third-order valence-electron chi connectivity index (χ3n) is 2.41. The highest BCUT2D eigenvalue weighted by atomic mass is 19.4. The number of anilines is 1. The van der Waals surface area contributed by atoms with E-state index in [1.807, 2.05) is 0 Å². The van der Waals surface area contributed by atoms with Gasteiger partial charge in [-0.25, -0.2) is 9.97 Å². The molecule has 0 atom stereocenters. The van der Waals surface area contributed by atoms with Gasteiger partial charge in [-0.1, -0.05) is 6.08 Å². The van der Waals surface area contributed by atoms with Crippen molar-refractivity contribution in [1.29, 1.82) is 0 Å². The summed E-state index contributed by atoms with van der Waals surface area (Å²) in [5.41, 5.74) is -0.459. The summed E-state index contributed by atoms with van der Waals surface area (Å²) in [6.45, 7) is 0.508. The highest BCUT2D eigenvalue weighted by Gasteiger charge is 2.34. The molecule has 86 valence electrons. The number of nitrogens with zero attached hydrogens (tertiary/aromatic N) is 3. The number of hydrogen-bond donors (Lipinski definition) is 0. The van der Waals surface area contributed by atoms with Crippen LogP contribution >= 0.6 is 0 Å². The Bertz CT molecular complexity index is 386. The van der Waals surface area contributed by atoms with E-state index in [0.717, 1.165) is 0 Å². The van der Waals surface area contributed by atoms with Gasteiger partial charge in [0.15, 0.2) is 0 Å². The average Bonchev–Trinajstić information content (AvgIpc) is 2.29. The summed E-state index contributed by atoms with van der Waals surface area (Å²) in [6, 6.07) is 1.67. The topological polar surface area (TPSA) is 29.0 Å². The second-order valence-electron chi connectivity index (χ2n) is 3.47. The van der Waals surface area contributed by atoms with Crippen molar-refractivity contribution in [3.63, 3.8) is 0 Å². The monoisotopic (exact) mass is 229 g/mol. The first-order valence-corrected chi connectivity index (χ1v) is 4.85. The zero-order valence-electron chi connectivity index (χ0n) is 8.41. The van der Waals surface area contributed by atoms with Gasteiger partial charge in [-0.2, -0.15) is 13.2 Å². The smallest absolute Gasteiger partial charge is 0.337 e. The Morgan fingerprint density at radius 1 is 1.19 bits per heavy atom. The lowest BCUT2D eigenvalue weighted by Gasteiger charge is -2.26. The quantitative estimate of drug-likeness (QED) is 0.691. The van der Waals surface area contributed by atoms with Gasteiger partial charge in [0, 0.05) is 31.1 Å². The molecule has 1 aliphatic rings. The molecule has 0 saturated heterocycles. The van der Waals surface area contributed by atoms with Crippen molar-refractivity contribution in [1.82, 2.24) is 9.97 Å². The Kier molecular flexibility index (Phi) is 2.80. The molecule has 0 fully saturated rings. The van der Waals surface area contributed by atoms with Crippen LogP contribution in [0.4, 0.5) is 19.1 Å². The number of halogens is 3. The molecule has 0 amide bonds. The van der Waals surface area contributed by atoms with E-state index in [4.69, 9.17) is 0 Å². The van der Waals surface area contributed by atoms with Crippen LogP contribution in [0.5, 0.6) is 0 Å². The van der Waals surface area contributed by atoms with Gasteiger partial charge in [-0.15, -0.1) is 0 Å². The molecule has 0 spiro atoms. The molecule has 0 N–H and O–H groups in total. The normalized spacial score (nSPS) is 17.2. The van der Waals surface area contributed by atoms with Crippen LogP contribution in [0.3, 0.4) is 0 Å². The van der Waals surface area contributed by atoms with Crippen LogP contribution in [0.15, 0.2) is 30.1 Å². The molecule has 1 aromatic heterocycles. The summed E-state index contributed by atoms with van der Waals surface area (Å²) in [7, 11) is 0. The van der Waals surface area contributed by atoms with E-state index in [9.17, 15) is 13.2 Å². The summed E-state index contributed by atoms with van der Waals surface area (Å²) in [6.07, 6.45) is 0.127. The van der Waals surface area contributed by atoms with Gasteiger partial charge in [0.25, 0.3) is 0 Å². The van der Waals surface area contributed by atoms with Crippen LogP contribution in [0.2, 0.25) is 0 Å². The Morgan fingerprint density at radius 3 is 2.38 bits per heavy atom. The zero-order chi connectivity index (χ0) is 11.6. The molecule has 16 heavy (non-hydrogen) atoms. The summed E-state index contributed by atoms with van der Waals surface area (Å²) in [5, 5.41) is 0. The SMILES string of the molecule is FC(F)(F)C1=CCN(c2ncccn2)CC1. The van der Waals surface area contributed by atoms with Crippen LogP contribution in [-0.4, -0.2) is 29.2 Å². The minimum Gasteiger partial charge on any atom is -0.337 e. The Balaban J connectivity index is 2.08. The zero-order valence-corrected chi connectivity index (χ0v) is 8.41. The Hall–Kier alpha value is -1.59. The van der Waals surface area contributed by atoms with Crippen molar-refractivity contribution < 1.29 is 13.2 Å². The Morgan fingerprint density at radius 2 is 1.88 bits per heavy atom. The van der Waals surface area contributed by atoms with Crippen molar-refractivity contribution in [2.24, 2.45) is 0 Å². The molecule has 1 aliphatic heterocycles. The summed E-state index contributed by atoms with van der Waals surface area (Å²) in [5.74, 6) is 0.472. The lowest BCUT2D eigenvalue weighted by Crippen LogP contribution is -2.32. The van der Waals surface area contributed by atoms with E-state index in [1.165, 1.54) is 6.08 Å². The predicted molar refractivity (Wildman–Crippen MR) is 53.0 cm³/mol. The molecular formula is C10H10F3N3. The molecule has 0 unspecified atom stereocenters. The molecule has 0 aliphatic carbocycles. The number of hydrogen-bond acceptors (Lipinski definition) is 3. The van der Waals surface area contributed by atoms with Gasteiger partial charge < -0.3 is 4.90 Å². The second kappa shape index (κ2) is 4.11. The maximum atomic E-state index is 12.4. The Labute approximate surface area is 90.6 Å². The van der Waals surface area contributed by atoms with Gasteiger partial charge in [0.1, 0.15) is 0 Å². The molecule has 0 bridgehead atoms. The van der Waals surface area contributed by atoms with E-state index in [1.54, 1.807) is 23.4 Å². The van der Waals surface area contributed by atoms with Crippen molar-refractivity contribution in [3.8, 4) is 0 Å². The van der Waals surface area contributed by atoms with E-state index in [-0.39, 0.29) is 13.0 Å². The van der Waals surface area contributed by atoms with Crippen molar-refractivity contribution in [2.45, 2.75) is 12.6 Å². The fourth-order valence-corrected chi connectivity index (χ4v) is 1.56. The second-order valence-corrected chi connectivity index (χ2v) is 3.47. The first-order chi connectivity index (χ1) is 7.57. The number of rotatable bonds is 1. The van der Waals surface area contributed by atoms with E-state index in [2.05, 4.69) is 9.97 Å². The van der Waals surface area contributed by atoms with Crippen molar-refractivity contribution >= 4 is 5.95 Å². The van der Waals surface area contributed by atoms with Crippen LogP contribution in [0.25, 0.3) is 0 Å². The maximum Gasteiger partial charge on any atom is 0.412 e. The lowest BCUT2D eigenvalue weighted by molar-refractivity contribution is -0.0944. The lowest BCUT2D eigenvalue weighted by atomic mass is 10.1. The summed E-state index contributed by atoms with van der Waals surface area (Å²) in [4.78, 5) is 9.71. The molecule has 0 aromatic carbocycles. The van der Waals surface area contributed by atoms with E-state index in [0.29, 0.717) is 12.5 Å². The van der Waals surface area contributed by atoms with E-state index < -0.39 is 11.7 Å².